The fourth-order valence-corrected chi connectivity index (χ4v) is 2.62. The van der Waals surface area contributed by atoms with Crippen LogP contribution in [0.3, 0.4) is 0 Å². The van der Waals surface area contributed by atoms with Gasteiger partial charge in [0, 0.05) is 13.0 Å². The van der Waals surface area contributed by atoms with Crippen LogP contribution in [0.5, 0.6) is 0 Å². The van der Waals surface area contributed by atoms with E-state index < -0.39 is 0 Å². The van der Waals surface area contributed by atoms with Crippen molar-refractivity contribution in [3.63, 3.8) is 0 Å². The van der Waals surface area contributed by atoms with Crippen LogP contribution in [0, 0.1) is 0 Å². The lowest BCUT2D eigenvalue weighted by Crippen LogP contribution is -3.00. The average molecular weight is 270 g/mol. The van der Waals surface area contributed by atoms with Gasteiger partial charge in [0.25, 0.3) is 0 Å². The highest BCUT2D eigenvalue weighted by Gasteiger charge is 2.16. The van der Waals surface area contributed by atoms with Gasteiger partial charge in [0.05, 0.1) is 16.8 Å². The Balaban J connectivity index is 0.000000750. The smallest absolute Gasteiger partial charge is 0.109 e. The van der Waals surface area contributed by atoms with Crippen molar-refractivity contribution < 1.29 is 17.0 Å². The molecule has 2 nitrogen and oxygen atoms in total. The first-order chi connectivity index (χ1) is 6.45. The van der Waals surface area contributed by atoms with Crippen molar-refractivity contribution in [1.29, 1.82) is 0 Å². The summed E-state index contributed by atoms with van der Waals surface area (Å²) in [5.74, 6) is 1.25. The molecule has 0 amide bonds. The van der Waals surface area contributed by atoms with E-state index >= 15 is 0 Å². The van der Waals surface area contributed by atoms with Crippen molar-refractivity contribution in [2.75, 3.05) is 0 Å². The molecule has 0 unspecified atom stereocenters. The number of thiophene rings is 1. The zero-order chi connectivity index (χ0) is 8.67. The summed E-state index contributed by atoms with van der Waals surface area (Å²) in [5, 5.41) is 2.12. The maximum atomic E-state index is 4.42. The summed E-state index contributed by atoms with van der Waals surface area (Å²) in [6.07, 6.45) is 4.40. The molecule has 0 bridgehead atoms. The van der Waals surface area contributed by atoms with E-state index in [0.29, 0.717) is 0 Å². The van der Waals surface area contributed by atoms with Crippen molar-refractivity contribution in [3.8, 4) is 10.6 Å². The standard InChI is InChI=1S/C10H10N2S.BrH/c1-4-10-11-7-8(12(10)5-1)9-3-2-6-13-9;/h2-3,6-7H,1,4-5H2;1H/p-1. The van der Waals surface area contributed by atoms with E-state index in [4.69, 9.17) is 0 Å². The molecule has 0 spiro atoms. The second-order valence-electron chi connectivity index (χ2n) is 3.29. The predicted molar refractivity (Wildman–Crippen MR) is 53.9 cm³/mol. The van der Waals surface area contributed by atoms with Gasteiger partial charge in [-0.3, -0.25) is 0 Å². The molecule has 14 heavy (non-hydrogen) atoms. The minimum absolute atomic E-state index is 0. The average Bonchev–Trinajstić information content (AvgIpc) is 2.79. The van der Waals surface area contributed by atoms with Crippen LogP contribution in [0.15, 0.2) is 23.7 Å². The van der Waals surface area contributed by atoms with Crippen molar-refractivity contribution >= 4 is 11.3 Å². The summed E-state index contributed by atoms with van der Waals surface area (Å²) in [6, 6.07) is 4.25. The molecule has 0 atom stereocenters. The van der Waals surface area contributed by atoms with E-state index in [2.05, 4.69) is 27.1 Å². The van der Waals surface area contributed by atoms with Gasteiger partial charge < -0.3 is 21.5 Å². The number of fused-ring (bicyclic) bond motifs is 1. The first-order valence-corrected chi connectivity index (χ1v) is 5.41. The Kier molecular flexibility index (Phi) is 2.74. The lowest BCUT2D eigenvalue weighted by molar-refractivity contribution is -0.00000260. The van der Waals surface area contributed by atoms with Crippen molar-refractivity contribution in [2.45, 2.75) is 19.4 Å². The summed E-state index contributed by atoms with van der Waals surface area (Å²) in [6.45, 7) is 1.14. The van der Waals surface area contributed by atoms with Crippen LogP contribution in [0.4, 0.5) is 0 Å². The molecule has 0 aliphatic carbocycles. The summed E-state index contributed by atoms with van der Waals surface area (Å²) < 4.78 is 2.34. The van der Waals surface area contributed by atoms with E-state index in [0.717, 1.165) is 13.0 Å². The van der Waals surface area contributed by atoms with E-state index in [1.807, 2.05) is 6.20 Å². The molecule has 74 valence electrons. The fourth-order valence-electron chi connectivity index (χ4n) is 1.88. The van der Waals surface area contributed by atoms with Gasteiger partial charge in [-0.2, -0.15) is 0 Å². The summed E-state index contributed by atoms with van der Waals surface area (Å²) in [7, 11) is 0. The number of aryl methyl sites for hydroxylation is 1. The Morgan fingerprint density at radius 3 is 3.14 bits per heavy atom. The number of imidazole rings is 1. The zero-order valence-corrected chi connectivity index (χ0v) is 10.0. The number of rotatable bonds is 1. The molecule has 0 fully saturated rings. The quantitative estimate of drug-likeness (QED) is 0.687. The molecule has 0 aromatic carbocycles. The SMILES string of the molecule is [Br-].c1csc(-c2cnc3n2CCC3)c1. The monoisotopic (exact) mass is 269 g/mol. The maximum Gasteiger partial charge on any atom is 0.109 e. The van der Waals surface area contributed by atoms with Crippen molar-refractivity contribution in [1.82, 2.24) is 9.55 Å². The van der Waals surface area contributed by atoms with Crippen LogP contribution in [0.1, 0.15) is 12.2 Å². The highest BCUT2D eigenvalue weighted by Crippen LogP contribution is 2.28. The largest absolute Gasteiger partial charge is 1.00 e. The topological polar surface area (TPSA) is 17.8 Å². The third kappa shape index (κ3) is 1.42. The predicted octanol–water partition coefficient (Wildman–Crippen LogP) is -0.438. The molecule has 0 saturated heterocycles. The van der Waals surface area contributed by atoms with Crippen LogP contribution < -0.4 is 17.0 Å². The van der Waals surface area contributed by atoms with Gasteiger partial charge >= 0.3 is 0 Å². The second-order valence-corrected chi connectivity index (χ2v) is 4.24. The molecule has 1 aliphatic heterocycles. The Hall–Kier alpha value is -0.610. The minimum atomic E-state index is 0. The Morgan fingerprint density at radius 2 is 2.36 bits per heavy atom. The van der Waals surface area contributed by atoms with Crippen LogP contribution >= 0.6 is 11.3 Å². The van der Waals surface area contributed by atoms with Gasteiger partial charge in [0.15, 0.2) is 0 Å². The molecule has 0 saturated carbocycles. The third-order valence-electron chi connectivity index (χ3n) is 2.49. The molecule has 3 rings (SSSR count). The van der Waals surface area contributed by atoms with Crippen LogP contribution in [0.2, 0.25) is 0 Å². The van der Waals surface area contributed by atoms with Gasteiger partial charge in [-0.05, 0) is 17.9 Å². The molecular weight excluding hydrogens is 260 g/mol. The lowest BCUT2D eigenvalue weighted by atomic mass is 10.3. The van der Waals surface area contributed by atoms with Gasteiger partial charge in [0.1, 0.15) is 5.82 Å². The third-order valence-corrected chi connectivity index (χ3v) is 3.39. The van der Waals surface area contributed by atoms with Crippen LogP contribution in [0.25, 0.3) is 10.6 Å². The number of nitrogens with zero attached hydrogens (tertiary/aromatic N) is 2. The number of halogens is 1. The zero-order valence-electron chi connectivity index (χ0n) is 7.61. The molecule has 4 heteroatoms. The molecule has 3 heterocycles. The Bertz CT molecular complexity index is 419. The summed E-state index contributed by atoms with van der Waals surface area (Å²) >= 11 is 1.79. The van der Waals surface area contributed by atoms with Crippen molar-refractivity contribution in [3.05, 3.63) is 29.5 Å². The Labute approximate surface area is 97.4 Å². The van der Waals surface area contributed by atoms with Crippen LogP contribution in [-0.2, 0) is 13.0 Å². The first kappa shape index (κ1) is 9.93. The second kappa shape index (κ2) is 3.87. The number of hydrogen-bond donors (Lipinski definition) is 0. The van der Waals surface area contributed by atoms with E-state index in [9.17, 15) is 0 Å². The molecule has 1 aliphatic rings. The number of aromatic nitrogens is 2. The molecule has 2 aromatic heterocycles. The molecule has 2 aromatic rings. The number of hydrogen-bond acceptors (Lipinski definition) is 2. The highest BCUT2D eigenvalue weighted by atomic mass is 79.9. The van der Waals surface area contributed by atoms with Gasteiger partial charge in [-0.1, -0.05) is 6.07 Å². The molecule has 0 N–H and O–H groups in total. The minimum Gasteiger partial charge on any atom is -1.00 e. The van der Waals surface area contributed by atoms with Crippen molar-refractivity contribution in [2.24, 2.45) is 0 Å². The van der Waals surface area contributed by atoms with Gasteiger partial charge in [-0.15, -0.1) is 11.3 Å². The first-order valence-electron chi connectivity index (χ1n) is 4.53. The highest BCUT2D eigenvalue weighted by molar-refractivity contribution is 7.13. The Morgan fingerprint density at radius 1 is 1.43 bits per heavy atom. The lowest BCUT2D eigenvalue weighted by Gasteiger charge is -2.00. The van der Waals surface area contributed by atoms with Gasteiger partial charge in [0.2, 0.25) is 0 Å². The van der Waals surface area contributed by atoms with E-state index in [-0.39, 0.29) is 17.0 Å². The van der Waals surface area contributed by atoms with Gasteiger partial charge in [-0.25, -0.2) is 4.98 Å². The van der Waals surface area contributed by atoms with Crippen LogP contribution in [-0.4, -0.2) is 9.55 Å². The fraction of sp³-hybridized carbons (Fsp3) is 0.300. The summed E-state index contributed by atoms with van der Waals surface area (Å²) in [5.41, 5.74) is 1.29. The summed E-state index contributed by atoms with van der Waals surface area (Å²) in [4.78, 5) is 5.76. The maximum absolute atomic E-state index is 4.42. The molecule has 0 radical (unpaired) electrons. The normalized spacial score (nSPS) is 13.7. The van der Waals surface area contributed by atoms with E-state index in [1.54, 1.807) is 11.3 Å². The molecular formula is C10H10BrN2S-. The van der Waals surface area contributed by atoms with E-state index in [1.165, 1.54) is 22.8 Å².